The van der Waals surface area contributed by atoms with Crippen molar-refractivity contribution < 1.29 is 43.0 Å². The molecule has 0 heterocycles. The van der Waals surface area contributed by atoms with Gasteiger partial charge in [0.05, 0.1) is 12.7 Å². The van der Waals surface area contributed by atoms with Crippen molar-refractivity contribution in [3.63, 3.8) is 0 Å². The monoisotopic (exact) mass is 764 g/mol. The van der Waals surface area contributed by atoms with Crippen LogP contribution in [0.3, 0.4) is 0 Å². The molecule has 53 heavy (non-hydrogen) atoms. The molecule has 0 aliphatic carbocycles. The Hall–Kier alpha value is -2.55. The first-order chi connectivity index (χ1) is 25.7. The maximum atomic E-state index is 12.4. The van der Waals surface area contributed by atoms with Gasteiger partial charge in [0.2, 0.25) is 0 Å². The maximum absolute atomic E-state index is 12.4. The van der Waals surface area contributed by atoms with E-state index in [9.17, 15) is 19.3 Å². The van der Waals surface area contributed by atoms with Crippen LogP contribution in [0.5, 0.6) is 0 Å². The molecule has 0 radical (unpaired) electrons. The molecular formula is C43H73O9P. The van der Waals surface area contributed by atoms with Crippen molar-refractivity contribution in [2.75, 3.05) is 13.2 Å². The van der Waals surface area contributed by atoms with Gasteiger partial charge in [-0.25, -0.2) is 4.57 Å². The van der Waals surface area contributed by atoms with Crippen LogP contribution in [-0.4, -0.2) is 52.3 Å². The number of unbranched alkanes of at least 4 members (excludes halogenated alkanes) is 14. The zero-order valence-electron chi connectivity index (χ0n) is 33.0. The van der Waals surface area contributed by atoms with Gasteiger partial charge in [0, 0.05) is 12.8 Å². The average molecular weight is 765 g/mol. The summed E-state index contributed by atoms with van der Waals surface area (Å²) in [6.07, 6.45) is 45.3. The Morgan fingerprint density at radius 2 is 1.13 bits per heavy atom. The number of aliphatic hydroxyl groups excluding tert-OH is 1. The summed E-state index contributed by atoms with van der Waals surface area (Å²) in [4.78, 5) is 42.8. The number of aliphatic hydroxyl groups is 1. The highest BCUT2D eigenvalue weighted by Gasteiger charge is 2.22. The molecule has 304 valence electrons. The van der Waals surface area contributed by atoms with Gasteiger partial charge in [-0.1, -0.05) is 177 Å². The third-order valence-corrected chi connectivity index (χ3v) is 8.82. The maximum Gasteiger partial charge on any atom is 0.469 e. The summed E-state index contributed by atoms with van der Waals surface area (Å²) in [6, 6.07) is 0. The van der Waals surface area contributed by atoms with Crippen LogP contribution in [-0.2, 0) is 28.2 Å². The second-order valence-corrected chi connectivity index (χ2v) is 14.7. The Morgan fingerprint density at radius 3 is 1.68 bits per heavy atom. The molecule has 0 bridgehead atoms. The minimum absolute atomic E-state index is 0.125. The molecule has 0 aromatic rings. The van der Waals surface area contributed by atoms with Crippen LogP contribution < -0.4 is 0 Å². The van der Waals surface area contributed by atoms with Crippen molar-refractivity contribution >= 4 is 19.8 Å². The zero-order chi connectivity index (χ0) is 39.1. The molecular weight excluding hydrogens is 691 g/mol. The van der Waals surface area contributed by atoms with Crippen LogP contribution in [0, 0.1) is 0 Å². The van der Waals surface area contributed by atoms with Crippen LogP contribution in [0.2, 0.25) is 0 Å². The Morgan fingerprint density at radius 1 is 0.604 bits per heavy atom. The molecule has 0 fully saturated rings. The summed E-state index contributed by atoms with van der Waals surface area (Å²) in [5, 5.41) is 9.81. The molecule has 9 nitrogen and oxygen atoms in total. The largest absolute Gasteiger partial charge is 0.469 e. The summed E-state index contributed by atoms with van der Waals surface area (Å²) in [7, 11) is -4.78. The first-order valence-electron chi connectivity index (χ1n) is 20.3. The standard InChI is InChI=1S/C43H73O9P/c1-3-5-7-8-9-10-11-12-13-16-20-23-26-29-33-37-43(46)52-41(39-51-53(47,48)49)38-50-42(45)36-32-28-25-22-19-17-14-15-18-21-24-27-31-35-40(44)34-30-6-4-2/h6,15,17-19,24-25,27-28,30-31,35,40-41,44H,3-5,7-14,16,20-23,26,29,32-34,36-39H2,1-2H3,(H2,47,48,49)/b18-15-,19-17-,27-24+,28-25-,30-6-,35-31+/t40?,41-/m1/s1. The van der Waals surface area contributed by atoms with Crippen molar-refractivity contribution in [2.45, 2.75) is 174 Å². The third-order valence-electron chi connectivity index (χ3n) is 8.33. The van der Waals surface area contributed by atoms with E-state index in [0.717, 1.165) is 44.9 Å². The molecule has 0 saturated heterocycles. The smallest absolute Gasteiger partial charge is 0.462 e. The van der Waals surface area contributed by atoms with Crippen molar-refractivity contribution in [3.8, 4) is 0 Å². The third kappa shape index (κ3) is 40.5. The van der Waals surface area contributed by atoms with Gasteiger partial charge in [0.1, 0.15) is 6.61 Å². The highest BCUT2D eigenvalue weighted by molar-refractivity contribution is 7.46. The van der Waals surface area contributed by atoms with Gasteiger partial charge in [0.15, 0.2) is 6.10 Å². The first kappa shape index (κ1) is 50.5. The Bertz CT molecular complexity index is 1100. The highest BCUT2D eigenvalue weighted by atomic mass is 31.2. The molecule has 1 unspecified atom stereocenters. The summed E-state index contributed by atoms with van der Waals surface area (Å²) in [5.41, 5.74) is 0. The van der Waals surface area contributed by atoms with E-state index in [1.54, 1.807) is 6.08 Å². The highest BCUT2D eigenvalue weighted by Crippen LogP contribution is 2.36. The van der Waals surface area contributed by atoms with Crippen LogP contribution in [0.1, 0.15) is 162 Å². The lowest BCUT2D eigenvalue weighted by molar-refractivity contribution is -0.161. The van der Waals surface area contributed by atoms with Gasteiger partial charge < -0.3 is 24.4 Å². The molecule has 0 saturated carbocycles. The van der Waals surface area contributed by atoms with Crippen LogP contribution in [0.15, 0.2) is 72.9 Å². The Kier molecular flexibility index (Phi) is 35.9. The molecule has 0 amide bonds. The van der Waals surface area contributed by atoms with Crippen LogP contribution >= 0.6 is 7.82 Å². The van der Waals surface area contributed by atoms with E-state index in [-0.39, 0.29) is 19.4 Å². The van der Waals surface area contributed by atoms with Gasteiger partial charge in [-0.3, -0.25) is 14.1 Å². The molecule has 0 rings (SSSR count). The van der Waals surface area contributed by atoms with Gasteiger partial charge in [-0.2, -0.15) is 0 Å². The van der Waals surface area contributed by atoms with Crippen LogP contribution in [0.25, 0.3) is 0 Å². The van der Waals surface area contributed by atoms with E-state index in [1.165, 1.54) is 70.6 Å². The van der Waals surface area contributed by atoms with Crippen LogP contribution in [0.4, 0.5) is 0 Å². The van der Waals surface area contributed by atoms with Crippen molar-refractivity contribution in [1.29, 1.82) is 0 Å². The summed E-state index contributed by atoms with van der Waals surface area (Å²) in [5.74, 6) is -1.01. The number of ether oxygens (including phenoxy) is 2. The van der Waals surface area contributed by atoms with Gasteiger partial charge >= 0.3 is 19.8 Å². The Labute approximate surface area is 322 Å². The fourth-order valence-corrected chi connectivity index (χ4v) is 5.67. The SMILES string of the molecule is CC/C=C\CC(O)/C=C/C=C/C/C=C\C/C=C\C/C=C\CCC(=O)OC[C@H](COP(=O)(O)O)OC(=O)CCCCCCCCCCCCCCCCC. The quantitative estimate of drug-likeness (QED) is 0.0187. The molecule has 2 atom stereocenters. The molecule has 0 spiro atoms. The van der Waals surface area contributed by atoms with Gasteiger partial charge in [-0.05, 0) is 44.9 Å². The molecule has 3 N–H and O–H groups in total. The lowest BCUT2D eigenvalue weighted by Gasteiger charge is -2.18. The molecule has 10 heteroatoms. The minimum Gasteiger partial charge on any atom is -0.462 e. The molecule has 0 aromatic carbocycles. The number of carbonyl (C=O) groups is 2. The number of rotatable bonds is 36. The van der Waals surface area contributed by atoms with Crippen molar-refractivity contribution in [3.05, 3.63) is 72.9 Å². The predicted molar refractivity (Wildman–Crippen MR) is 217 cm³/mol. The molecule has 0 aromatic heterocycles. The zero-order valence-corrected chi connectivity index (χ0v) is 33.9. The second kappa shape index (κ2) is 37.8. The molecule has 0 aliphatic rings. The first-order valence-corrected chi connectivity index (χ1v) is 21.9. The number of hydrogen-bond acceptors (Lipinski definition) is 7. The van der Waals surface area contributed by atoms with Gasteiger partial charge in [-0.15, -0.1) is 0 Å². The van der Waals surface area contributed by atoms with Crippen molar-refractivity contribution in [1.82, 2.24) is 0 Å². The van der Waals surface area contributed by atoms with E-state index in [4.69, 9.17) is 19.3 Å². The van der Waals surface area contributed by atoms with E-state index in [2.05, 4.69) is 36.6 Å². The lowest BCUT2D eigenvalue weighted by Crippen LogP contribution is -2.29. The van der Waals surface area contributed by atoms with Crippen molar-refractivity contribution in [2.24, 2.45) is 0 Å². The van der Waals surface area contributed by atoms with E-state index < -0.39 is 38.6 Å². The van der Waals surface area contributed by atoms with E-state index >= 15 is 0 Å². The van der Waals surface area contributed by atoms with E-state index in [0.29, 0.717) is 19.3 Å². The number of hydrogen-bond donors (Lipinski definition) is 3. The summed E-state index contributed by atoms with van der Waals surface area (Å²) < 4.78 is 26.3. The number of esters is 2. The fraction of sp³-hybridized carbons (Fsp3) is 0.674. The number of phosphoric acid groups is 1. The number of carbonyl (C=O) groups excluding carboxylic acids is 2. The second-order valence-electron chi connectivity index (χ2n) is 13.4. The minimum atomic E-state index is -4.78. The number of allylic oxidation sites excluding steroid dienone is 10. The number of phosphoric ester groups is 1. The predicted octanol–water partition coefficient (Wildman–Crippen LogP) is 11.3. The topological polar surface area (TPSA) is 140 Å². The average Bonchev–Trinajstić information content (AvgIpc) is 3.12. The molecule has 0 aliphatic heterocycles. The summed E-state index contributed by atoms with van der Waals surface area (Å²) in [6.45, 7) is 3.41. The van der Waals surface area contributed by atoms with E-state index in [1.807, 2.05) is 48.6 Å². The lowest BCUT2D eigenvalue weighted by atomic mass is 10.0. The fourth-order valence-electron chi connectivity index (χ4n) is 5.31. The normalized spacial score (nSPS) is 13.8. The Balaban J connectivity index is 4.11. The van der Waals surface area contributed by atoms with Gasteiger partial charge in [0.25, 0.3) is 0 Å². The summed E-state index contributed by atoms with van der Waals surface area (Å²) >= 11 is 0.